The molecule has 0 atom stereocenters. The van der Waals surface area contributed by atoms with Gasteiger partial charge in [-0.25, -0.2) is 4.98 Å². The Balaban J connectivity index is 2.11. The van der Waals surface area contributed by atoms with Crippen molar-refractivity contribution in [1.29, 1.82) is 0 Å². The lowest BCUT2D eigenvalue weighted by Gasteiger charge is -2.02. The molecule has 0 radical (unpaired) electrons. The Labute approximate surface area is 130 Å². The number of benzene rings is 1. The van der Waals surface area contributed by atoms with Crippen LogP contribution in [0.25, 0.3) is 22.0 Å². The maximum absolute atomic E-state index is 12.1. The number of H-pyrrole nitrogens is 1. The van der Waals surface area contributed by atoms with E-state index in [2.05, 4.69) is 15.0 Å². The summed E-state index contributed by atoms with van der Waals surface area (Å²) in [6.45, 7) is 0. The van der Waals surface area contributed by atoms with Gasteiger partial charge < -0.3 is 4.98 Å². The summed E-state index contributed by atoms with van der Waals surface area (Å²) in [7, 11) is 0. The quantitative estimate of drug-likeness (QED) is 0.783. The van der Waals surface area contributed by atoms with Crippen LogP contribution in [0.2, 0.25) is 5.02 Å². The van der Waals surface area contributed by atoms with Crippen LogP contribution in [0.4, 0.5) is 0 Å². The van der Waals surface area contributed by atoms with Gasteiger partial charge in [0.05, 0.1) is 15.9 Å². The molecule has 6 heteroatoms. The summed E-state index contributed by atoms with van der Waals surface area (Å²) in [6.07, 6.45) is 5.03. The molecule has 0 bridgehead atoms. The van der Waals surface area contributed by atoms with Crippen LogP contribution in [0, 0.1) is 0 Å². The summed E-state index contributed by atoms with van der Waals surface area (Å²) in [5.74, 6) is 0.306. The van der Waals surface area contributed by atoms with Crippen molar-refractivity contribution in [2.45, 2.75) is 0 Å². The number of aromatic nitrogens is 3. The molecule has 0 aliphatic rings. The number of nitrogens with one attached hydrogen (secondary N) is 1. The van der Waals surface area contributed by atoms with E-state index >= 15 is 0 Å². The minimum absolute atomic E-state index is 0.282. The van der Waals surface area contributed by atoms with E-state index in [4.69, 9.17) is 23.2 Å². The Bertz CT molecular complexity index is 888. The van der Waals surface area contributed by atoms with Crippen LogP contribution in [-0.4, -0.2) is 15.0 Å². The van der Waals surface area contributed by atoms with Gasteiger partial charge in [-0.2, -0.15) is 0 Å². The van der Waals surface area contributed by atoms with E-state index in [0.29, 0.717) is 26.8 Å². The molecule has 0 spiro atoms. The van der Waals surface area contributed by atoms with Gasteiger partial charge >= 0.3 is 0 Å². The number of halogens is 2. The minimum Gasteiger partial charge on any atom is -0.305 e. The normalized spacial score (nSPS) is 11.8. The highest BCUT2D eigenvalue weighted by Gasteiger charge is 2.07. The fourth-order valence-corrected chi connectivity index (χ4v) is 2.29. The zero-order valence-electron chi connectivity index (χ0n) is 10.7. The zero-order valence-corrected chi connectivity index (χ0v) is 12.2. The molecule has 3 aromatic rings. The van der Waals surface area contributed by atoms with Crippen LogP contribution >= 0.6 is 23.2 Å². The maximum Gasteiger partial charge on any atom is 0.259 e. The standard InChI is InChI=1S/C15H9Cl2N3O/c16-10-3-4-13-11(7-10)15(21)20-14(19-13)12(17)6-9-2-1-5-18-8-9/h1-8H,(H,19,20,21). The fourth-order valence-electron chi connectivity index (χ4n) is 1.90. The van der Waals surface area contributed by atoms with E-state index < -0.39 is 0 Å². The molecule has 3 rings (SSSR count). The average Bonchev–Trinajstić information content (AvgIpc) is 2.49. The van der Waals surface area contributed by atoms with Crippen LogP contribution in [0.5, 0.6) is 0 Å². The topological polar surface area (TPSA) is 58.6 Å². The summed E-state index contributed by atoms with van der Waals surface area (Å²) in [5.41, 5.74) is 1.08. The van der Waals surface area contributed by atoms with E-state index in [0.717, 1.165) is 5.56 Å². The third kappa shape index (κ3) is 2.96. The lowest BCUT2D eigenvalue weighted by molar-refractivity contribution is 1.14. The lowest BCUT2D eigenvalue weighted by atomic mass is 10.2. The molecule has 1 aromatic carbocycles. The molecular weight excluding hydrogens is 309 g/mol. The highest BCUT2D eigenvalue weighted by Crippen LogP contribution is 2.20. The number of pyridine rings is 1. The van der Waals surface area contributed by atoms with Crippen LogP contribution in [0.15, 0.2) is 47.5 Å². The van der Waals surface area contributed by atoms with Gasteiger partial charge in [0, 0.05) is 17.4 Å². The van der Waals surface area contributed by atoms with Crippen molar-refractivity contribution in [3.05, 3.63) is 69.5 Å². The smallest absolute Gasteiger partial charge is 0.259 e. The summed E-state index contributed by atoms with van der Waals surface area (Å²) in [4.78, 5) is 23.0. The van der Waals surface area contributed by atoms with Crippen molar-refractivity contribution < 1.29 is 0 Å². The number of rotatable bonds is 2. The van der Waals surface area contributed by atoms with Crippen molar-refractivity contribution >= 4 is 45.2 Å². The maximum atomic E-state index is 12.1. The molecule has 0 saturated carbocycles. The molecule has 0 amide bonds. The molecule has 2 heterocycles. The fraction of sp³-hybridized carbons (Fsp3) is 0. The van der Waals surface area contributed by atoms with Crippen molar-refractivity contribution in [3.8, 4) is 0 Å². The number of nitrogens with zero attached hydrogens (tertiary/aromatic N) is 2. The van der Waals surface area contributed by atoms with E-state index in [1.807, 2.05) is 6.07 Å². The molecule has 0 fully saturated rings. The first kappa shape index (κ1) is 13.8. The Hall–Kier alpha value is -2.17. The second kappa shape index (κ2) is 5.68. The largest absolute Gasteiger partial charge is 0.305 e. The second-order valence-corrected chi connectivity index (χ2v) is 5.20. The highest BCUT2D eigenvalue weighted by molar-refractivity contribution is 6.50. The third-order valence-electron chi connectivity index (χ3n) is 2.87. The first-order valence-electron chi connectivity index (χ1n) is 6.11. The van der Waals surface area contributed by atoms with Gasteiger partial charge in [-0.15, -0.1) is 0 Å². The molecule has 0 saturated heterocycles. The van der Waals surface area contributed by atoms with Crippen LogP contribution < -0.4 is 5.56 Å². The monoisotopic (exact) mass is 317 g/mol. The Morgan fingerprint density at radius 2 is 2.14 bits per heavy atom. The number of aromatic amines is 1. The van der Waals surface area contributed by atoms with Crippen molar-refractivity contribution in [1.82, 2.24) is 15.0 Å². The molecular formula is C15H9Cl2N3O. The van der Waals surface area contributed by atoms with Gasteiger partial charge in [-0.1, -0.05) is 29.3 Å². The molecule has 4 nitrogen and oxygen atoms in total. The Morgan fingerprint density at radius 1 is 1.29 bits per heavy atom. The molecule has 0 aliphatic heterocycles. The van der Waals surface area contributed by atoms with Crippen LogP contribution in [0.3, 0.4) is 0 Å². The van der Waals surface area contributed by atoms with Crippen LogP contribution in [0.1, 0.15) is 11.4 Å². The molecule has 2 aromatic heterocycles. The summed E-state index contributed by atoms with van der Waals surface area (Å²) in [5, 5.41) is 1.24. The zero-order chi connectivity index (χ0) is 14.8. The molecule has 21 heavy (non-hydrogen) atoms. The second-order valence-electron chi connectivity index (χ2n) is 4.35. The summed E-state index contributed by atoms with van der Waals surface area (Å²) in [6, 6.07) is 8.59. The van der Waals surface area contributed by atoms with Gasteiger partial charge in [0.15, 0.2) is 5.82 Å². The molecule has 1 N–H and O–H groups in total. The summed E-state index contributed by atoms with van der Waals surface area (Å²) < 4.78 is 0. The first-order valence-corrected chi connectivity index (χ1v) is 6.86. The van der Waals surface area contributed by atoms with Crippen molar-refractivity contribution in [2.24, 2.45) is 0 Å². The number of hydrogen-bond acceptors (Lipinski definition) is 3. The number of fused-ring (bicyclic) bond motifs is 1. The predicted octanol–water partition coefficient (Wildman–Crippen LogP) is 3.71. The lowest BCUT2D eigenvalue weighted by Crippen LogP contribution is -2.10. The van der Waals surface area contributed by atoms with Gasteiger partial charge in [0.25, 0.3) is 5.56 Å². The average molecular weight is 318 g/mol. The molecule has 104 valence electrons. The summed E-state index contributed by atoms with van der Waals surface area (Å²) >= 11 is 12.1. The first-order chi connectivity index (χ1) is 10.1. The van der Waals surface area contributed by atoms with E-state index in [9.17, 15) is 4.79 Å². The van der Waals surface area contributed by atoms with Crippen molar-refractivity contribution in [3.63, 3.8) is 0 Å². The number of hydrogen-bond donors (Lipinski definition) is 1. The highest BCUT2D eigenvalue weighted by atomic mass is 35.5. The molecule has 0 aliphatic carbocycles. The Kier molecular flexibility index (Phi) is 3.73. The minimum atomic E-state index is -0.282. The SMILES string of the molecule is O=c1[nH]c(C(Cl)=Cc2cccnc2)nc2ccc(Cl)cc12. The van der Waals surface area contributed by atoms with Gasteiger partial charge in [0.1, 0.15) is 0 Å². The Morgan fingerprint density at radius 3 is 2.90 bits per heavy atom. The van der Waals surface area contributed by atoms with Gasteiger partial charge in [0.2, 0.25) is 0 Å². The third-order valence-corrected chi connectivity index (χ3v) is 3.39. The van der Waals surface area contributed by atoms with Gasteiger partial charge in [-0.05, 0) is 35.9 Å². The van der Waals surface area contributed by atoms with Crippen molar-refractivity contribution in [2.75, 3.05) is 0 Å². The van der Waals surface area contributed by atoms with E-state index in [1.165, 1.54) is 0 Å². The predicted molar refractivity (Wildman–Crippen MR) is 85.3 cm³/mol. The van der Waals surface area contributed by atoms with E-state index in [-0.39, 0.29) is 5.56 Å². The molecule has 0 unspecified atom stereocenters. The van der Waals surface area contributed by atoms with Gasteiger partial charge in [-0.3, -0.25) is 9.78 Å². The van der Waals surface area contributed by atoms with E-state index in [1.54, 1.807) is 42.7 Å². The van der Waals surface area contributed by atoms with Crippen LogP contribution in [-0.2, 0) is 0 Å².